The number of para-hydroxylation sites is 1. The Bertz CT molecular complexity index is 698. The third-order valence-corrected chi connectivity index (χ3v) is 3.04. The van der Waals surface area contributed by atoms with E-state index >= 15 is 0 Å². The van der Waals surface area contributed by atoms with Crippen molar-refractivity contribution < 1.29 is 4.79 Å². The van der Waals surface area contributed by atoms with Gasteiger partial charge in [-0.05, 0) is 17.5 Å². The van der Waals surface area contributed by atoms with E-state index in [1.807, 2.05) is 39.0 Å². The third-order valence-electron chi connectivity index (χ3n) is 3.04. The molecule has 1 aromatic heterocycles. The second kappa shape index (κ2) is 6.08. The normalized spacial score (nSPS) is 11.6. The van der Waals surface area contributed by atoms with Gasteiger partial charge in [-0.15, -0.1) is 0 Å². The molecule has 1 amide bonds. The standard InChI is InChI=1S/C16H21N3O2/c1-16(2,3)10-14(20)17-9-8-13-18-12-7-5-4-6-11(12)15(21)19-13/h4-7H,8-10H2,1-3H3,(H,17,20)(H,18,19,21). The lowest BCUT2D eigenvalue weighted by atomic mass is 9.92. The summed E-state index contributed by atoms with van der Waals surface area (Å²) in [5, 5.41) is 3.44. The van der Waals surface area contributed by atoms with Crippen LogP contribution >= 0.6 is 0 Å². The number of carbonyl (C=O) groups excluding carboxylic acids is 1. The van der Waals surface area contributed by atoms with Gasteiger partial charge in [0, 0.05) is 19.4 Å². The van der Waals surface area contributed by atoms with Gasteiger partial charge < -0.3 is 10.3 Å². The van der Waals surface area contributed by atoms with Gasteiger partial charge in [0.05, 0.1) is 10.9 Å². The van der Waals surface area contributed by atoms with Crippen LogP contribution in [-0.4, -0.2) is 22.4 Å². The number of aromatic amines is 1. The topological polar surface area (TPSA) is 74.8 Å². The molecule has 0 radical (unpaired) electrons. The number of benzene rings is 1. The molecule has 112 valence electrons. The van der Waals surface area contributed by atoms with Crippen LogP contribution in [0, 0.1) is 5.41 Å². The van der Waals surface area contributed by atoms with Gasteiger partial charge in [-0.25, -0.2) is 4.98 Å². The monoisotopic (exact) mass is 287 g/mol. The van der Waals surface area contributed by atoms with Crippen LogP contribution in [0.3, 0.4) is 0 Å². The zero-order valence-corrected chi connectivity index (χ0v) is 12.7. The van der Waals surface area contributed by atoms with Crippen molar-refractivity contribution in [2.24, 2.45) is 5.41 Å². The Kier molecular flexibility index (Phi) is 4.40. The van der Waals surface area contributed by atoms with E-state index in [9.17, 15) is 9.59 Å². The molecule has 2 N–H and O–H groups in total. The molecule has 0 unspecified atom stereocenters. The summed E-state index contributed by atoms with van der Waals surface area (Å²) >= 11 is 0. The fourth-order valence-corrected chi connectivity index (χ4v) is 2.12. The number of aromatic nitrogens is 2. The first-order valence-electron chi connectivity index (χ1n) is 7.10. The average Bonchev–Trinajstić information content (AvgIpc) is 2.36. The van der Waals surface area contributed by atoms with E-state index in [4.69, 9.17) is 0 Å². The summed E-state index contributed by atoms with van der Waals surface area (Å²) in [6, 6.07) is 7.22. The molecule has 1 heterocycles. The van der Waals surface area contributed by atoms with E-state index in [0.29, 0.717) is 36.1 Å². The summed E-state index contributed by atoms with van der Waals surface area (Å²) in [4.78, 5) is 30.8. The van der Waals surface area contributed by atoms with Gasteiger partial charge in [0.2, 0.25) is 5.91 Å². The number of amides is 1. The predicted molar refractivity (Wildman–Crippen MR) is 83.1 cm³/mol. The molecular weight excluding hydrogens is 266 g/mol. The van der Waals surface area contributed by atoms with Crippen molar-refractivity contribution >= 4 is 16.8 Å². The smallest absolute Gasteiger partial charge is 0.258 e. The Morgan fingerprint density at radius 3 is 2.71 bits per heavy atom. The van der Waals surface area contributed by atoms with E-state index < -0.39 is 0 Å². The van der Waals surface area contributed by atoms with Crippen LogP contribution in [0.4, 0.5) is 0 Å². The van der Waals surface area contributed by atoms with Gasteiger partial charge in [0.25, 0.3) is 5.56 Å². The van der Waals surface area contributed by atoms with Crippen LogP contribution < -0.4 is 10.9 Å². The van der Waals surface area contributed by atoms with Crippen molar-refractivity contribution in [3.05, 3.63) is 40.4 Å². The lowest BCUT2D eigenvalue weighted by Crippen LogP contribution is -2.29. The molecule has 21 heavy (non-hydrogen) atoms. The molecule has 0 aliphatic carbocycles. The molecule has 1 aromatic carbocycles. The van der Waals surface area contributed by atoms with E-state index in [1.54, 1.807) is 6.07 Å². The number of fused-ring (bicyclic) bond motifs is 1. The fraction of sp³-hybridized carbons (Fsp3) is 0.438. The van der Waals surface area contributed by atoms with Crippen molar-refractivity contribution in [1.82, 2.24) is 15.3 Å². The maximum absolute atomic E-state index is 11.9. The van der Waals surface area contributed by atoms with Crippen molar-refractivity contribution in [2.75, 3.05) is 6.54 Å². The summed E-state index contributed by atoms with van der Waals surface area (Å²) in [5.74, 6) is 0.611. The van der Waals surface area contributed by atoms with Crippen LogP contribution in [0.5, 0.6) is 0 Å². The highest BCUT2D eigenvalue weighted by Crippen LogP contribution is 2.17. The number of rotatable bonds is 4. The highest BCUT2D eigenvalue weighted by atomic mass is 16.1. The van der Waals surface area contributed by atoms with Crippen LogP contribution in [0.2, 0.25) is 0 Å². The maximum atomic E-state index is 11.9. The molecule has 5 heteroatoms. The zero-order chi connectivity index (χ0) is 15.5. The average molecular weight is 287 g/mol. The van der Waals surface area contributed by atoms with Crippen molar-refractivity contribution in [3.8, 4) is 0 Å². The minimum absolute atomic E-state index is 0.0191. The minimum atomic E-state index is -0.142. The summed E-state index contributed by atoms with van der Waals surface area (Å²) in [6.45, 7) is 6.54. The van der Waals surface area contributed by atoms with Crippen LogP contribution in [0.1, 0.15) is 33.0 Å². The Labute approximate surface area is 123 Å². The number of H-pyrrole nitrogens is 1. The van der Waals surface area contributed by atoms with Gasteiger partial charge in [0.1, 0.15) is 5.82 Å². The Morgan fingerprint density at radius 2 is 2.00 bits per heavy atom. The molecule has 0 spiro atoms. The highest BCUT2D eigenvalue weighted by molar-refractivity contribution is 5.77. The summed E-state index contributed by atoms with van der Waals surface area (Å²) < 4.78 is 0. The lowest BCUT2D eigenvalue weighted by molar-refractivity contribution is -0.122. The highest BCUT2D eigenvalue weighted by Gasteiger charge is 2.15. The predicted octanol–water partition coefficient (Wildman–Crippen LogP) is 2.02. The van der Waals surface area contributed by atoms with E-state index in [2.05, 4.69) is 15.3 Å². The molecule has 0 aliphatic heterocycles. The number of carbonyl (C=O) groups is 1. The van der Waals surface area contributed by atoms with E-state index in [-0.39, 0.29) is 16.9 Å². The first kappa shape index (κ1) is 15.2. The molecule has 2 rings (SSSR count). The Morgan fingerprint density at radius 1 is 1.29 bits per heavy atom. The first-order chi connectivity index (χ1) is 9.85. The van der Waals surface area contributed by atoms with Gasteiger partial charge in [-0.2, -0.15) is 0 Å². The summed E-state index contributed by atoms with van der Waals surface area (Å²) in [6.07, 6.45) is 0.991. The van der Waals surface area contributed by atoms with Gasteiger partial charge in [-0.1, -0.05) is 32.9 Å². The van der Waals surface area contributed by atoms with Crippen LogP contribution in [-0.2, 0) is 11.2 Å². The Balaban J connectivity index is 1.98. The second-order valence-corrected chi connectivity index (χ2v) is 6.37. The van der Waals surface area contributed by atoms with Gasteiger partial charge in [0.15, 0.2) is 0 Å². The van der Waals surface area contributed by atoms with Crippen molar-refractivity contribution in [3.63, 3.8) is 0 Å². The van der Waals surface area contributed by atoms with Gasteiger partial charge >= 0.3 is 0 Å². The first-order valence-corrected chi connectivity index (χ1v) is 7.10. The molecule has 0 bridgehead atoms. The molecule has 0 aliphatic rings. The number of hydrogen-bond donors (Lipinski definition) is 2. The fourth-order valence-electron chi connectivity index (χ4n) is 2.12. The molecular formula is C16H21N3O2. The molecule has 0 fully saturated rings. The van der Waals surface area contributed by atoms with Gasteiger partial charge in [-0.3, -0.25) is 9.59 Å². The molecule has 0 saturated heterocycles. The summed E-state index contributed by atoms with van der Waals surface area (Å²) in [7, 11) is 0. The number of nitrogens with zero attached hydrogens (tertiary/aromatic N) is 1. The largest absolute Gasteiger partial charge is 0.356 e. The lowest BCUT2D eigenvalue weighted by Gasteiger charge is -2.17. The van der Waals surface area contributed by atoms with Crippen LogP contribution in [0.25, 0.3) is 10.9 Å². The Hall–Kier alpha value is -2.17. The van der Waals surface area contributed by atoms with Crippen molar-refractivity contribution in [1.29, 1.82) is 0 Å². The number of nitrogens with one attached hydrogen (secondary N) is 2. The minimum Gasteiger partial charge on any atom is -0.356 e. The second-order valence-electron chi connectivity index (χ2n) is 6.37. The third kappa shape index (κ3) is 4.41. The molecule has 5 nitrogen and oxygen atoms in total. The maximum Gasteiger partial charge on any atom is 0.258 e. The van der Waals surface area contributed by atoms with Crippen molar-refractivity contribution in [2.45, 2.75) is 33.6 Å². The molecule has 2 aromatic rings. The van der Waals surface area contributed by atoms with E-state index in [0.717, 1.165) is 0 Å². The zero-order valence-electron chi connectivity index (χ0n) is 12.7. The SMILES string of the molecule is CC(C)(C)CC(=O)NCCc1nc2ccccc2c(=O)[nH]1. The molecule has 0 atom stereocenters. The number of hydrogen-bond acceptors (Lipinski definition) is 3. The van der Waals surface area contributed by atoms with Crippen LogP contribution in [0.15, 0.2) is 29.1 Å². The quantitative estimate of drug-likeness (QED) is 0.903. The summed E-state index contributed by atoms with van der Waals surface area (Å²) in [5.41, 5.74) is 0.508. The molecule has 0 saturated carbocycles. The van der Waals surface area contributed by atoms with E-state index in [1.165, 1.54) is 0 Å².